The van der Waals surface area contributed by atoms with E-state index in [4.69, 9.17) is 4.52 Å². The summed E-state index contributed by atoms with van der Waals surface area (Å²) in [6, 6.07) is 10.9. The van der Waals surface area contributed by atoms with Crippen LogP contribution in [0.2, 0.25) is 0 Å². The van der Waals surface area contributed by atoms with Crippen molar-refractivity contribution < 1.29 is 9.32 Å². The molecule has 0 aliphatic heterocycles. The predicted molar refractivity (Wildman–Crippen MR) is 77.3 cm³/mol. The summed E-state index contributed by atoms with van der Waals surface area (Å²) < 4.78 is 5.26. The molecule has 0 unspecified atom stereocenters. The van der Waals surface area contributed by atoms with Crippen molar-refractivity contribution in [3.05, 3.63) is 48.8 Å². The van der Waals surface area contributed by atoms with Crippen LogP contribution in [-0.4, -0.2) is 21.0 Å². The van der Waals surface area contributed by atoms with Crippen molar-refractivity contribution >= 4 is 11.6 Å². The molecule has 1 amide bonds. The highest BCUT2D eigenvalue weighted by molar-refractivity contribution is 5.89. The Hall–Kier alpha value is -3.02. The minimum atomic E-state index is -0.131. The molecule has 3 rings (SSSR count). The van der Waals surface area contributed by atoms with E-state index >= 15 is 0 Å². The second kappa shape index (κ2) is 5.54. The molecule has 0 bridgehead atoms. The van der Waals surface area contributed by atoms with Gasteiger partial charge in [-0.05, 0) is 30.3 Å². The molecule has 1 N–H and O–H groups in total. The largest absolute Gasteiger partial charge is 0.334 e. The highest BCUT2D eigenvalue weighted by atomic mass is 16.5. The Morgan fingerprint density at radius 1 is 1.19 bits per heavy atom. The molecule has 2 aromatic heterocycles. The molecular weight excluding hydrogens is 268 g/mol. The van der Waals surface area contributed by atoms with Gasteiger partial charge in [-0.1, -0.05) is 11.2 Å². The van der Waals surface area contributed by atoms with Crippen LogP contribution in [0.25, 0.3) is 22.8 Å². The maximum Gasteiger partial charge on any atom is 0.258 e. The van der Waals surface area contributed by atoms with Crippen molar-refractivity contribution in [2.45, 2.75) is 6.92 Å². The van der Waals surface area contributed by atoms with Gasteiger partial charge in [0.2, 0.25) is 11.7 Å². The standard InChI is InChI=1S/C15H12N4O2/c1-10(20)17-13-6-2-4-11(8-13)15-18-14(19-21-15)12-5-3-7-16-9-12/h2-9H,1H3,(H,17,20). The summed E-state index contributed by atoms with van der Waals surface area (Å²) in [4.78, 5) is 19.4. The molecular formula is C15H12N4O2. The molecule has 0 aliphatic rings. The van der Waals surface area contributed by atoms with Crippen molar-refractivity contribution in [1.82, 2.24) is 15.1 Å². The average molecular weight is 280 g/mol. The molecule has 0 saturated carbocycles. The van der Waals surface area contributed by atoms with Crippen molar-refractivity contribution in [2.24, 2.45) is 0 Å². The molecule has 0 aliphatic carbocycles. The number of nitrogens with one attached hydrogen (secondary N) is 1. The van der Waals surface area contributed by atoms with Crippen LogP contribution in [0.15, 0.2) is 53.3 Å². The monoisotopic (exact) mass is 280 g/mol. The van der Waals surface area contributed by atoms with Crippen molar-refractivity contribution in [3.8, 4) is 22.8 Å². The number of nitrogens with zero attached hydrogens (tertiary/aromatic N) is 3. The first-order valence-electron chi connectivity index (χ1n) is 6.34. The van der Waals surface area contributed by atoms with E-state index in [1.54, 1.807) is 24.5 Å². The molecule has 6 heteroatoms. The third kappa shape index (κ3) is 2.94. The maximum atomic E-state index is 11.1. The number of hydrogen-bond donors (Lipinski definition) is 1. The van der Waals surface area contributed by atoms with Gasteiger partial charge in [-0.2, -0.15) is 4.98 Å². The number of carbonyl (C=O) groups excluding carboxylic acids is 1. The topological polar surface area (TPSA) is 80.9 Å². The molecule has 2 heterocycles. The number of rotatable bonds is 3. The minimum Gasteiger partial charge on any atom is -0.334 e. The average Bonchev–Trinajstić information content (AvgIpc) is 2.98. The van der Waals surface area contributed by atoms with Crippen molar-refractivity contribution in [1.29, 1.82) is 0 Å². The van der Waals surface area contributed by atoms with Crippen LogP contribution in [0.5, 0.6) is 0 Å². The summed E-state index contributed by atoms with van der Waals surface area (Å²) in [5, 5.41) is 6.65. The molecule has 0 saturated heterocycles. The quantitative estimate of drug-likeness (QED) is 0.797. The Morgan fingerprint density at radius 3 is 2.81 bits per heavy atom. The second-order valence-electron chi connectivity index (χ2n) is 4.43. The fraction of sp³-hybridized carbons (Fsp3) is 0.0667. The van der Waals surface area contributed by atoms with E-state index in [1.165, 1.54) is 6.92 Å². The van der Waals surface area contributed by atoms with E-state index in [0.29, 0.717) is 17.4 Å². The molecule has 0 atom stereocenters. The van der Waals surface area contributed by atoms with Gasteiger partial charge >= 0.3 is 0 Å². The number of aromatic nitrogens is 3. The lowest BCUT2D eigenvalue weighted by atomic mass is 10.2. The van der Waals surface area contributed by atoms with Gasteiger partial charge in [-0.25, -0.2) is 0 Å². The lowest BCUT2D eigenvalue weighted by Gasteiger charge is -2.02. The molecule has 104 valence electrons. The lowest BCUT2D eigenvalue weighted by Crippen LogP contribution is -2.05. The predicted octanol–water partition coefficient (Wildman–Crippen LogP) is 2.76. The van der Waals surface area contributed by atoms with Crippen LogP contribution >= 0.6 is 0 Å². The first-order chi connectivity index (χ1) is 10.2. The molecule has 6 nitrogen and oxygen atoms in total. The Bertz CT molecular complexity index is 768. The van der Waals surface area contributed by atoms with Crippen LogP contribution in [0, 0.1) is 0 Å². The van der Waals surface area contributed by atoms with E-state index < -0.39 is 0 Å². The Morgan fingerprint density at radius 2 is 2.05 bits per heavy atom. The zero-order valence-electron chi connectivity index (χ0n) is 11.3. The fourth-order valence-electron chi connectivity index (χ4n) is 1.89. The van der Waals surface area contributed by atoms with Crippen LogP contribution < -0.4 is 5.32 Å². The molecule has 0 radical (unpaired) electrons. The van der Waals surface area contributed by atoms with Gasteiger partial charge in [0, 0.05) is 36.1 Å². The number of carbonyl (C=O) groups is 1. The zero-order chi connectivity index (χ0) is 14.7. The van der Waals surface area contributed by atoms with Gasteiger partial charge in [0.1, 0.15) is 0 Å². The molecule has 3 aromatic rings. The van der Waals surface area contributed by atoms with E-state index in [-0.39, 0.29) is 5.91 Å². The normalized spacial score (nSPS) is 10.3. The van der Waals surface area contributed by atoms with Crippen molar-refractivity contribution in [3.63, 3.8) is 0 Å². The summed E-state index contributed by atoms with van der Waals surface area (Å²) in [7, 11) is 0. The lowest BCUT2D eigenvalue weighted by molar-refractivity contribution is -0.114. The first-order valence-corrected chi connectivity index (χ1v) is 6.34. The third-order valence-corrected chi connectivity index (χ3v) is 2.78. The van der Waals surface area contributed by atoms with Crippen LogP contribution in [0.1, 0.15) is 6.92 Å². The molecule has 21 heavy (non-hydrogen) atoms. The summed E-state index contributed by atoms with van der Waals surface area (Å²) >= 11 is 0. The molecule has 1 aromatic carbocycles. The van der Waals surface area contributed by atoms with E-state index in [9.17, 15) is 4.79 Å². The van der Waals surface area contributed by atoms with Crippen LogP contribution in [-0.2, 0) is 4.79 Å². The van der Waals surface area contributed by atoms with E-state index in [2.05, 4.69) is 20.4 Å². The maximum absolute atomic E-state index is 11.1. The zero-order valence-corrected chi connectivity index (χ0v) is 11.3. The SMILES string of the molecule is CC(=O)Nc1cccc(-c2nc(-c3cccnc3)no2)c1. The van der Waals surface area contributed by atoms with E-state index in [0.717, 1.165) is 11.1 Å². The van der Waals surface area contributed by atoms with Gasteiger partial charge in [0.25, 0.3) is 5.89 Å². The number of hydrogen-bond acceptors (Lipinski definition) is 5. The molecule has 0 spiro atoms. The minimum absolute atomic E-state index is 0.131. The number of benzene rings is 1. The Balaban J connectivity index is 1.91. The Kier molecular flexibility index (Phi) is 3.42. The van der Waals surface area contributed by atoms with Crippen LogP contribution in [0.4, 0.5) is 5.69 Å². The van der Waals surface area contributed by atoms with Crippen molar-refractivity contribution in [2.75, 3.05) is 5.32 Å². The number of amides is 1. The Labute approximate surface area is 120 Å². The summed E-state index contributed by atoms with van der Waals surface area (Å²) in [6.07, 6.45) is 3.35. The van der Waals surface area contributed by atoms with E-state index in [1.807, 2.05) is 24.3 Å². The van der Waals surface area contributed by atoms with Gasteiger partial charge in [-0.15, -0.1) is 0 Å². The van der Waals surface area contributed by atoms with Gasteiger partial charge < -0.3 is 9.84 Å². The van der Waals surface area contributed by atoms with Gasteiger partial charge in [0.15, 0.2) is 0 Å². The van der Waals surface area contributed by atoms with Gasteiger partial charge in [-0.3, -0.25) is 9.78 Å². The number of anilines is 1. The third-order valence-electron chi connectivity index (χ3n) is 2.78. The van der Waals surface area contributed by atoms with Crippen LogP contribution in [0.3, 0.4) is 0 Å². The molecule has 0 fully saturated rings. The summed E-state index contributed by atoms with van der Waals surface area (Å²) in [5.74, 6) is 0.734. The van der Waals surface area contributed by atoms with Gasteiger partial charge in [0.05, 0.1) is 0 Å². The second-order valence-corrected chi connectivity index (χ2v) is 4.43. The summed E-state index contributed by atoms with van der Waals surface area (Å²) in [6.45, 7) is 1.46. The smallest absolute Gasteiger partial charge is 0.258 e. The first kappa shape index (κ1) is 13.0. The summed E-state index contributed by atoms with van der Waals surface area (Å²) in [5.41, 5.74) is 2.20. The fourth-order valence-corrected chi connectivity index (χ4v) is 1.89. The highest BCUT2D eigenvalue weighted by Crippen LogP contribution is 2.23. The highest BCUT2D eigenvalue weighted by Gasteiger charge is 2.11. The number of pyridine rings is 1.